The van der Waals surface area contributed by atoms with Gasteiger partial charge >= 0.3 is 5.97 Å². The van der Waals surface area contributed by atoms with Gasteiger partial charge in [-0.15, -0.1) is 0 Å². The van der Waals surface area contributed by atoms with E-state index in [2.05, 4.69) is 0 Å². The van der Waals surface area contributed by atoms with Crippen LogP contribution in [-0.4, -0.2) is 29.8 Å². The third-order valence-corrected chi connectivity index (χ3v) is 5.04. The molecule has 0 aromatic heterocycles. The van der Waals surface area contributed by atoms with Crippen molar-refractivity contribution in [2.45, 2.75) is 18.8 Å². The largest absolute Gasteiger partial charge is 0.496 e. The van der Waals surface area contributed by atoms with Gasteiger partial charge in [0.1, 0.15) is 11.6 Å². The molecule has 0 aliphatic heterocycles. The van der Waals surface area contributed by atoms with Gasteiger partial charge in [-0.05, 0) is 60.0 Å². The van der Waals surface area contributed by atoms with Crippen molar-refractivity contribution in [2.24, 2.45) is 0 Å². The van der Waals surface area contributed by atoms with E-state index in [0.29, 0.717) is 22.4 Å². The van der Waals surface area contributed by atoms with Gasteiger partial charge in [-0.3, -0.25) is 9.59 Å². The van der Waals surface area contributed by atoms with E-state index in [4.69, 9.17) is 4.74 Å². The number of methoxy groups -OCH3 is 1. The summed E-state index contributed by atoms with van der Waals surface area (Å²) in [7, 11) is 1.47. The van der Waals surface area contributed by atoms with Crippen LogP contribution < -0.4 is 4.74 Å². The molecule has 0 amide bonds. The van der Waals surface area contributed by atoms with Crippen molar-refractivity contribution in [2.75, 3.05) is 7.11 Å². The predicted octanol–water partition coefficient (Wildman–Crippen LogP) is 5.16. The molecule has 31 heavy (non-hydrogen) atoms. The molecule has 3 aromatic rings. The number of Topliss-reactive ketones (excluding diaryl/α,β-unsaturated/α-hetero) is 2. The first-order valence-electron chi connectivity index (χ1n) is 9.67. The number of carbonyl (C=O) groups is 3. The molecule has 0 aliphatic carbocycles. The monoisotopic (exact) mass is 420 g/mol. The van der Waals surface area contributed by atoms with Gasteiger partial charge in [0, 0.05) is 18.4 Å². The fourth-order valence-corrected chi connectivity index (χ4v) is 3.42. The average Bonchev–Trinajstić information content (AvgIpc) is 2.79. The Hall–Kier alpha value is -3.80. The van der Waals surface area contributed by atoms with E-state index in [1.807, 2.05) is 0 Å². The molecule has 0 spiro atoms. The lowest BCUT2D eigenvalue weighted by Gasteiger charge is -2.18. The normalized spacial score (nSPS) is 11.5. The topological polar surface area (TPSA) is 80.7 Å². The Morgan fingerprint density at radius 1 is 0.871 bits per heavy atom. The van der Waals surface area contributed by atoms with Crippen LogP contribution in [-0.2, 0) is 0 Å². The molecule has 0 saturated carbocycles. The quantitative estimate of drug-likeness (QED) is 0.484. The molecular formula is C25H21FO5. The highest BCUT2D eigenvalue weighted by Gasteiger charge is 2.23. The van der Waals surface area contributed by atoms with Crippen molar-refractivity contribution in [3.8, 4) is 5.75 Å². The lowest BCUT2D eigenvalue weighted by molar-refractivity contribution is 0.0696. The number of ketones is 2. The molecule has 0 fully saturated rings. The number of para-hydroxylation sites is 1. The van der Waals surface area contributed by atoms with Crippen molar-refractivity contribution in [3.05, 3.63) is 101 Å². The summed E-state index contributed by atoms with van der Waals surface area (Å²) in [6.07, 6.45) is -0.0496. The average molecular weight is 420 g/mol. The predicted molar refractivity (Wildman–Crippen MR) is 113 cm³/mol. The number of hydrogen-bond acceptors (Lipinski definition) is 4. The molecule has 6 heteroatoms. The van der Waals surface area contributed by atoms with Gasteiger partial charge in [0.2, 0.25) is 0 Å². The van der Waals surface area contributed by atoms with Crippen LogP contribution in [0.25, 0.3) is 0 Å². The fraction of sp³-hybridized carbons (Fsp3) is 0.160. The zero-order chi connectivity index (χ0) is 22.4. The molecule has 1 atom stereocenters. The third-order valence-electron chi connectivity index (χ3n) is 5.04. The number of carbonyl (C=O) groups excluding carboxylic acids is 2. The zero-order valence-electron chi connectivity index (χ0n) is 16.9. The van der Waals surface area contributed by atoms with Crippen LogP contribution in [0.3, 0.4) is 0 Å². The SMILES string of the molecule is COc1ccccc1C(=O)CC(CC(=O)c1ccc(F)cc1)c1cccc(C(=O)O)c1. The molecule has 0 bridgehead atoms. The molecule has 0 aliphatic rings. The van der Waals surface area contributed by atoms with Gasteiger partial charge in [0.15, 0.2) is 11.6 Å². The summed E-state index contributed by atoms with van der Waals surface area (Å²) in [5, 5.41) is 9.32. The Balaban J connectivity index is 1.93. The Labute approximate surface area is 179 Å². The van der Waals surface area contributed by atoms with E-state index in [1.54, 1.807) is 36.4 Å². The number of hydrogen-bond donors (Lipinski definition) is 1. The highest BCUT2D eigenvalue weighted by atomic mass is 19.1. The van der Waals surface area contributed by atoms with E-state index in [9.17, 15) is 23.9 Å². The van der Waals surface area contributed by atoms with Crippen LogP contribution in [0, 0.1) is 5.82 Å². The zero-order valence-corrected chi connectivity index (χ0v) is 16.9. The second kappa shape index (κ2) is 9.80. The number of carboxylic acids is 1. The van der Waals surface area contributed by atoms with Crippen LogP contribution in [0.4, 0.5) is 4.39 Å². The maximum absolute atomic E-state index is 13.2. The van der Waals surface area contributed by atoms with Crippen molar-refractivity contribution in [1.82, 2.24) is 0 Å². The molecule has 1 N–H and O–H groups in total. The molecule has 0 heterocycles. The van der Waals surface area contributed by atoms with Gasteiger partial charge in [-0.25, -0.2) is 9.18 Å². The first kappa shape index (κ1) is 21.9. The van der Waals surface area contributed by atoms with E-state index < -0.39 is 17.7 Å². The summed E-state index contributed by atoms with van der Waals surface area (Å²) >= 11 is 0. The van der Waals surface area contributed by atoms with Gasteiger partial charge in [0.25, 0.3) is 0 Å². The van der Waals surface area contributed by atoms with E-state index >= 15 is 0 Å². The van der Waals surface area contributed by atoms with Crippen LogP contribution in [0.1, 0.15) is 55.4 Å². The van der Waals surface area contributed by atoms with Crippen LogP contribution >= 0.6 is 0 Å². The van der Waals surface area contributed by atoms with Crippen molar-refractivity contribution in [3.63, 3.8) is 0 Å². The summed E-state index contributed by atoms with van der Waals surface area (Å²) in [5.41, 5.74) is 1.35. The Bertz CT molecular complexity index is 1100. The fourth-order valence-electron chi connectivity index (χ4n) is 3.42. The van der Waals surface area contributed by atoms with Crippen molar-refractivity contribution in [1.29, 1.82) is 0 Å². The molecule has 3 aromatic carbocycles. The third kappa shape index (κ3) is 5.42. The van der Waals surface area contributed by atoms with Gasteiger partial charge < -0.3 is 9.84 Å². The lowest BCUT2D eigenvalue weighted by Crippen LogP contribution is -2.14. The van der Waals surface area contributed by atoms with Crippen molar-refractivity contribution >= 4 is 17.5 Å². The Kier molecular flexibility index (Phi) is 6.92. The van der Waals surface area contributed by atoms with Crippen LogP contribution in [0.15, 0.2) is 72.8 Å². The summed E-state index contributed by atoms with van der Waals surface area (Å²) < 4.78 is 18.5. The first-order chi connectivity index (χ1) is 14.9. The highest BCUT2D eigenvalue weighted by molar-refractivity contribution is 6.01. The van der Waals surface area contributed by atoms with Gasteiger partial charge in [0.05, 0.1) is 18.2 Å². The minimum Gasteiger partial charge on any atom is -0.496 e. The second-order valence-corrected chi connectivity index (χ2v) is 7.09. The number of aromatic carboxylic acids is 1. The van der Waals surface area contributed by atoms with Gasteiger partial charge in [-0.1, -0.05) is 24.3 Å². The maximum atomic E-state index is 13.2. The minimum atomic E-state index is -1.10. The molecule has 1 unspecified atom stereocenters. The molecule has 0 radical (unpaired) electrons. The van der Waals surface area contributed by atoms with Crippen LogP contribution in [0.2, 0.25) is 0 Å². The molecule has 5 nitrogen and oxygen atoms in total. The molecular weight excluding hydrogens is 399 g/mol. The number of benzene rings is 3. The van der Waals surface area contributed by atoms with Crippen LogP contribution in [0.5, 0.6) is 5.75 Å². The summed E-state index contributed by atoms with van der Waals surface area (Å²) in [5.74, 6) is -2.17. The smallest absolute Gasteiger partial charge is 0.335 e. The molecule has 0 saturated heterocycles. The number of rotatable bonds is 9. The number of ether oxygens (including phenoxy) is 1. The van der Waals surface area contributed by atoms with E-state index in [1.165, 1.54) is 43.5 Å². The Morgan fingerprint density at radius 3 is 2.23 bits per heavy atom. The molecule has 3 rings (SSSR count). The lowest BCUT2D eigenvalue weighted by atomic mass is 9.85. The van der Waals surface area contributed by atoms with E-state index in [0.717, 1.165) is 0 Å². The number of halogens is 1. The summed E-state index contributed by atoms with van der Waals surface area (Å²) in [6, 6.07) is 18.2. The summed E-state index contributed by atoms with van der Waals surface area (Å²) in [6.45, 7) is 0. The van der Waals surface area contributed by atoms with E-state index in [-0.39, 0.29) is 30.0 Å². The Morgan fingerprint density at radius 2 is 1.55 bits per heavy atom. The second-order valence-electron chi connectivity index (χ2n) is 7.09. The molecule has 158 valence electrons. The first-order valence-corrected chi connectivity index (χ1v) is 9.67. The highest BCUT2D eigenvalue weighted by Crippen LogP contribution is 2.30. The standard InChI is InChI=1S/C25H21FO5/c1-31-24-8-3-2-7-21(24)23(28)15-19(17-5-4-6-18(13-17)25(29)30)14-22(27)16-9-11-20(26)12-10-16/h2-13,19H,14-15H2,1H3,(H,29,30). The minimum absolute atomic E-state index is 0.0175. The van der Waals surface area contributed by atoms with Crippen molar-refractivity contribution < 1.29 is 28.6 Å². The maximum Gasteiger partial charge on any atom is 0.335 e. The number of carboxylic acid groups (broad SMARTS) is 1. The summed E-state index contributed by atoms with van der Waals surface area (Å²) in [4.78, 5) is 37.2. The van der Waals surface area contributed by atoms with Gasteiger partial charge in [-0.2, -0.15) is 0 Å².